The molecule has 0 radical (unpaired) electrons. The van der Waals surface area contributed by atoms with Gasteiger partial charge in [0, 0.05) is 30.1 Å². The number of halogens is 1. The molecule has 1 heterocycles. The summed E-state index contributed by atoms with van der Waals surface area (Å²) in [5, 5.41) is 9.80. The molecule has 0 spiro atoms. The Morgan fingerprint density at radius 3 is 2.83 bits per heavy atom. The lowest BCUT2D eigenvalue weighted by Crippen LogP contribution is -2.52. The molecular weight excluding hydrogens is 296 g/mol. The molecule has 0 aliphatic carbocycles. The molecule has 1 fully saturated rings. The van der Waals surface area contributed by atoms with Gasteiger partial charge in [-0.1, -0.05) is 15.9 Å². The van der Waals surface area contributed by atoms with Gasteiger partial charge < -0.3 is 14.9 Å². The molecule has 4 nitrogen and oxygen atoms in total. The molecule has 1 aliphatic heterocycles. The second kappa shape index (κ2) is 5.28. The van der Waals surface area contributed by atoms with Gasteiger partial charge in [0.15, 0.2) is 0 Å². The zero-order valence-corrected chi connectivity index (χ0v) is 12.1. The van der Waals surface area contributed by atoms with Crippen LogP contribution in [0.4, 0.5) is 0 Å². The minimum atomic E-state index is -0.102. The first-order valence-electron chi connectivity index (χ1n) is 5.97. The fourth-order valence-electron chi connectivity index (χ4n) is 2.28. The summed E-state index contributed by atoms with van der Waals surface area (Å²) in [5.41, 5.74) is 0.362. The lowest BCUT2D eigenvalue weighted by atomic mass is 10.1. The summed E-state index contributed by atoms with van der Waals surface area (Å²) in [5.74, 6) is -0.0660. The second-order valence-electron chi connectivity index (χ2n) is 4.77. The number of likely N-dealkylation sites (N-methyl/N-ethyl adjacent to an activating group) is 1. The maximum atomic E-state index is 12.4. The first-order chi connectivity index (χ1) is 8.49. The van der Waals surface area contributed by atoms with Gasteiger partial charge in [-0.2, -0.15) is 0 Å². The van der Waals surface area contributed by atoms with Crippen LogP contribution in [0.25, 0.3) is 0 Å². The lowest BCUT2D eigenvalue weighted by Gasteiger charge is -2.38. The van der Waals surface area contributed by atoms with Crippen molar-refractivity contribution >= 4 is 21.8 Å². The molecule has 1 aromatic rings. The number of amides is 1. The van der Waals surface area contributed by atoms with E-state index in [1.807, 2.05) is 11.8 Å². The van der Waals surface area contributed by atoms with E-state index in [9.17, 15) is 9.90 Å². The number of aromatic hydroxyl groups is 1. The molecule has 1 amide bonds. The third-order valence-corrected chi connectivity index (χ3v) is 3.77. The number of hydrogen-bond acceptors (Lipinski definition) is 3. The summed E-state index contributed by atoms with van der Waals surface area (Å²) in [7, 11) is 2.05. The Morgan fingerprint density at radius 2 is 2.17 bits per heavy atom. The van der Waals surface area contributed by atoms with E-state index in [1.54, 1.807) is 12.1 Å². The number of nitrogens with zero attached hydrogens (tertiary/aromatic N) is 2. The number of carbonyl (C=O) groups is 1. The highest BCUT2D eigenvalue weighted by atomic mass is 79.9. The molecule has 1 unspecified atom stereocenters. The van der Waals surface area contributed by atoms with Crippen molar-refractivity contribution in [3.8, 4) is 5.75 Å². The van der Waals surface area contributed by atoms with Gasteiger partial charge in [0.2, 0.25) is 0 Å². The molecular formula is C13H17BrN2O2. The number of phenols is 1. The zero-order valence-electron chi connectivity index (χ0n) is 10.6. The fraction of sp³-hybridized carbons (Fsp3) is 0.462. The normalized spacial score (nSPS) is 21.1. The Labute approximate surface area is 115 Å². The standard InChI is InChI=1S/C13H17BrN2O2/c1-9-8-15(2)5-6-16(9)13(18)11-7-10(14)3-4-12(11)17/h3-4,7,9,17H,5-6,8H2,1-2H3. The summed E-state index contributed by atoms with van der Waals surface area (Å²) in [4.78, 5) is 16.4. The average molecular weight is 313 g/mol. The van der Waals surface area contributed by atoms with E-state index in [2.05, 4.69) is 27.9 Å². The van der Waals surface area contributed by atoms with E-state index in [0.717, 1.165) is 17.6 Å². The smallest absolute Gasteiger partial charge is 0.257 e. The predicted molar refractivity (Wildman–Crippen MR) is 73.8 cm³/mol. The van der Waals surface area contributed by atoms with Crippen LogP contribution >= 0.6 is 15.9 Å². The van der Waals surface area contributed by atoms with Crippen LogP contribution in [0.3, 0.4) is 0 Å². The largest absolute Gasteiger partial charge is 0.507 e. The minimum absolute atomic E-state index is 0.0364. The highest BCUT2D eigenvalue weighted by Gasteiger charge is 2.27. The van der Waals surface area contributed by atoms with Crippen molar-refractivity contribution in [1.29, 1.82) is 0 Å². The van der Waals surface area contributed by atoms with Crippen LogP contribution in [0.15, 0.2) is 22.7 Å². The zero-order chi connectivity index (χ0) is 13.3. The minimum Gasteiger partial charge on any atom is -0.507 e. The van der Waals surface area contributed by atoms with Gasteiger partial charge in [-0.25, -0.2) is 0 Å². The van der Waals surface area contributed by atoms with E-state index in [0.29, 0.717) is 12.1 Å². The molecule has 98 valence electrons. The number of rotatable bonds is 1. The Bertz CT molecular complexity index is 464. The average Bonchev–Trinajstić information content (AvgIpc) is 2.31. The monoisotopic (exact) mass is 312 g/mol. The third-order valence-electron chi connectivity index (χ3n) is 3.28. The summed E-state index contributed by atoms with van der Waals surface area (Å²) in [6, 6.07) is 5.09. The van der Waals surface area contributed by atoms with Gasteiger partial charge in [0.05, 0.1) is 5.56 Å². The number of phenolic OH excluding ortho intramolecular Hbond substituents is 1. The van der Waals surface area contributed by atoms with Crippen molar-refractivity contribution in [3.05, 3.63) is 28.2 Å². The molecule has 0 saturated carbocycles. The van der Waals surface area contributed by atoms with Crippen LogP contribution in [0.5, 0.6) is 5.75 Å². The summed E-state index contributed by atoms with van der Waals surface area (Å²) in [6.07, 6.45) is 0. The predicted octanol–water partition coefficient (Wildman–Crippen LogP) is 1.93. The van der Waals surface area contributed by atoms with Gasteiger partial charge in [0.1, 0.15) is 5.75 Å². The molecule has 0 bridgehead atoms. The molecule has 1 atom stereocenters. The Hall–Kier alpha value is -1.07. The van der Waals surface area contributed by atoms with Crippen LogP contribution in [0, 0.1) is 0 Å². The van der Waals surface area contributed by atoms with Crippen LogP contribution in [0.2, 0.25) is 0 Å². The molecule has 1 aromatic carbocycles. The molecule has 1 aliphatic rings. The molecule has 2 rings (SSSR count). The molecule has 1 saturated heterocycles. The van der Waals surface area contributed by atoms with Gasteiger partial charge >= 0.3 is 0 Å². The molecule has 5 heteroatoms. The Morgan fingerprint density at radius 1 is 1.44 bits per heavy atom. The molecule has 18 heavy (non-hydrogen) atoms. The number of benzene rings is 1. The van der Waals surface area contributed by atoms with Crippen molar-refractivity contribution in [2.24, 2.45) is 0 Å². The fourth-order valence-corrected chi connectivity index (χ4v) is 2.64. The van der Waals surface area contributed by atoms with E-state index in [1.165, 1.54) is 6.07 Å². The van der Waals surface area contributed by atoms with Crippen molar-refractivity contribution in [1.82, 2.24) is 9.80 Å². The maximum Gasteiger partial charge on any atom is 0.257 e. The van der Waals surface area contributed by atoms with Gasteiger partial charge in [-0.3, -0.25) is 4.79 Å². The van der Waals surface area contributed by atoms with Crippen molar-refractivity contribution in [2.75, 3.05) is 26.7 Å². The Kier molecular flexibility index (Phi) is 3.92. The van der Waals surface area contributed by atoms with Crippen LogP contribution in [0.1, 0.15) is 17.3 Å². The van der Waals surface area contributed by atoms with Gasteiger partial charge in [0.25, 0.3) is 5.91 Å². The lowest BCUT2D eigenvalue weighted by molar-refractivity contribution is 0.0530. The van der Waals surface area contributed by atoms with Crippen molar-refractivity contribution < 1.29 is 9.90 Å². The summed E-state index contributed by atoms with van der Waals surface area (Å²) >= 11 is 3.32. The van der Waals surface area contributed by atoms with Crippen LogP contribution < -0.4 is 0 Å². The molecule has 1 N–H and O–H groups in total. The van der Waals surface area contributed by atoms with E-state index in [4.69, 9.17) is 0 Å². The first kappa shape index (κ1) is 13.4. The second-order valence-corrected chi connectivity index (χ2v) is 5.69. The number of carbonyl (C=O) groups excluding carboxylic acids is 1. The van der Waals surface area contributed by atoms with Gasteiger partial charge in [-0.15, -0.1) is 0 Å². The van der Waals surface area contributed by atoms with Crippen LogP contribution in [-0.4, -0.2) is 53.5 Å². The maximum absolute atomic E-state index is 12.4. The Balaban J connectivity index is 2.23. The van der Waals surface area contributed by atoms with E-state index in [-0.39, 0.29) is 17.7 Å². The van der Waals surface area contributed by atoms with Crippen LogP contribution in [-0.2, 0) is 0 Å². The number of piperazine rings is 1. The highest BCUT2D eigenvalue weighted by molar-refractivity contribution is 9.10. The van der Waals surface area contributed by atoms with Crippen molar-refractivity contribution in [3.63, 3.8) is 0 Å². The SMILES string of the molecule is CC1CN(C)CCN1C(=O)c1cc(Br)ccc1O. The van der Waals surface area contributed by atoms with Gasteiger partial charge in [-0.05, 0) is 32.2 Å². The summed E-state index contributed by atoms with van der Waals surface area (Å²) < 4.78 is 0.797. The van der Waals surface area contributed by atoms with E-state index < -0.39 is 0 Å². The van der Waals surface area contributed by atoms with E-state index >= 15 is 0 Å². The molecule has 0 aromatic heterocycles. The highest BCUT2D eigenvalue weighted by Crippen LogP contribution is 2.24. The number of hydrogen-bond donors (Lipinski definition) is 1. The quantitative estimate of drug-likeness (QED) is 0.861. The topological polar surface area (TPSA) is 43.8 Å². The van der Waals surface area contributed by atoms with Crippen molar-refractivity contribution in [2.45, 2.75) is 13.0 Å². The third kappa shape index (κ3) is 2.67. The first-order valence-corrected chi connectivity index (χ1v) is 6.76. The summed E-state index contributed by atoms with van der Waals surface area (Å²) in [6.45, 7) is 4.45.